The van der Waals surface area contributed by atoms with Gasteiger partial charge in [-0.25, -0.2) is 8.42 Å². The van der Waals surface area contributed by atoms with Crippen molar-refractivity contribution in [3.05, 3.63) is 29.8 Å². The van der Waals surface area contributed by atoms with E-state index in [2.05, 4.69) is 10.0 Å². The van der Waals surface area contributed by atoms with Crippen molar-refractivity contribution in [1.82, 2.24) is 14.9 Å². The van der Waals surface area contributed by atoms with Gasteiger partial charge in [0.05, 0.1) is 18.1 Å². The Morgan fingerprint density at radius 2 is 1.82 bits per heavy atom. The van der Waals surface area contributed by atoms with Crippen molar-refractivity contribution < 1.29 is 22.7 Å². The Labute approximate surface area is 165 Å². The molecule has 0 spiro atoms. The molecule has 1 aliphatic carbocycles. The summed E-state index contributed by atoms with van der Waals surface area (Å²) in [5, 5.41) is 2.87. The van der Waals surface area contributed by atoms with E-state index in [1.54, 1.807) is 17.0 Å². The second-order valence-electron chi connectivity index (χ2n) is 7.31. The lowest BCUT2D eigenvalue weighted by atomic mass is 10.1. The third-order valence-electron chi connectivity index (χ3n) is 4.85. The van der Waals surface area contributed by atoms with Crippen molar-refractivity contribution >= 4 is 21.8 Å². The average Bonchev–Trinajstić information content (AvgIpc) is 3.49. The number of hydrogen-bond donors (Lipinski definition) is 2. The SMILES string of the molecule is Cc1ccc(S(=O)(=O)N[C@H](CCC(=O)NC2CC2)C(=O)N2CCOCC2)cc1. The van der Waals surface area contributed by atoms with Crippen LogP contribution in [0.5, 0.6) is 0 Å². The second-order valence-corrected chi connectivity index (χ2v) is 9.02. The Balaban J connectivity index is 1.70. The Hall–Kier alpha value is -1.97. The summed E-state index contributed by atoms with van der Waals surface area (Å²) in [6.45, 7) is 3.54. The molecule has 28 heavy (non-hydrogen) atoms. The van der Waals surface area contributed by atoms with E-state index >= 15 is 0 Å². The Kier molecular flexibility index (Phi) is 6.69. The number of carbonyl (C=O) groups is 2. The maximum absolute atomic E-state index is 12.9. The number of hydrogen-bond acceptors (Lipinski definition) is 5. The molecular weight excluding hydrogens is 382 g/mol. The van der Waals surface area contributed by atoms with Crippen LogP contribution >= 0.6 is 0 Å². The summed E-state index contributed by atoms with van der Waals surface area (Å²) in [6.07, 6.45) is 2.15. The number of carbonyl (C=O) groups excluding carboxylic acids is 2. The van der Waals surface area contributed by atoms with E-state index in [9.17, 15) is 18.0 Å². The van der Waals surface area contributed by atoms with Crippen molar-refractivity contribution in [1.29, 1.82) is 0 Å². The van der Waals surface area contributed by atoms with E-state index in [4.69, 9.17) is 4.74 Å². The van der Waals surface area contributed by atoms with Crippen molar-refractivity contribution in [2.24, 2.45) is 0 Å². The third-order valence-corrected chi connectivity index (χ3v) is 6.34. The summed E-state index contributed by atoms with van der Waals surface area (Å²) in [5.41, 5.74) is 0.941. The van der Waals surface area contributed by atoms with Crippen LogP contribution in [0.3, 0.4) is 0 Å². The molecule has 0 aromatic heterocycles. The van der Waals surface area contributed by atoms with Crippen LogP contribution in [-0.2, 0) is 24.3 Å². The maximum atomic E-state index is 12.9. The molecule has 1 aliphatic heterocycles. The molecule has 1 aromatic rings. The fourth-order valence-electron chi connectivity index (χ4n) is 3.01. The van der Waals surface area contributed by atoms with Gasteiger partial charge in [-0.05, 0) is 38.3 Å². The van der Waals surface area contributed by atoms with E-state index in [1.807, 2.05) is 6.92 Å². The van der Waals surface area contributed by atoms with E-state index in [-0.39, 0.29) is 35.6 Å². The molecule has 2 N–H and O–H groups in total. The average molecular weight is 410 g/mol. The van der Waals surface area contributed by atoms with Crippen LogP contribution in [0.15, 0.2) is 29.2 Å². The van der Waals surface area contributed by atoms with E-state index < -0.39 is 16.1 Å². The normalized spacial score (nSPS) is 18.5. The Morgan fingerprint density at radius 1 is 1.18 bits per heavy atom. The van der Waals surface area contributed by atoms with Gasteiger partial charge in [-0.1, -0.05) is 17.7 Å². The molecule has 0 unspecified atom stereocenters. The highest BCUT2D eigenvalue weighted by Crippen LogP contribution is 2.19. The molecule has 154 valence electrons. The first-order chi connectivity index (χ1) is 13.3. The van der Waals surface area contributed by atoms with Gasteiger partial charge in [-0.15, -0.1) is 0 Å². The maximum Gasteiger partial charge on any atom is 0.241 e. The van der Waals surface area contributed by atoms with E-state index in [1.165, 1.54) is 12.1 Å². The largest absolute Gasteiger partial charge is 0.378 e. The zero-order valence-electron chi connectivity index (χ0n) is 16.0. The molecule has 0 bridgehead atoms. The number of morpholine rings is 1. The quantitative estimate of drug-likeness (QED) is 0.653. The topological polar surface area (TPSA) is 105 Å². The summed E-state index contributed by atoms with van der Waals surface area (Å²) in [4.78, 5) is 26.6. The number of benzene rings is 1. The smallest absolute Gasteiger partial charge is 0.241 e. The number of sulfonamides is 1. The number of nitrogens with one attached hydrogen (secondary N) is 2. The van der Waals surface area contributed by atoms with Gasteiger partial charge in [0.1, 0.15) is 6.04 Å². The minimum absolute atomic E-state index is 0.0909. The molecular formula is C19H27N3O5S. The zero-order chi connectivity index (χ0) is 20.1. The third kappa shape index (κ3) is 5.76. The summed E-state index contributed by atoms with van der Waals surface area (Å²) < 4.78 is 33.3. The Morgan fingerprint density at radius 3 is 2.43 bits per heavy atom. The van der Waals surface area contributed by atoms with Crippen LogP contribution in [0.1, 0.15) is 31.2 Å². The minimum Gasteiger partial charge on any atom is -0.378 e. The van der Waals surface area contributed by atoms with Gasteiger partial charge in [0.2, 0.25) is 21.8 Å². The van der Waals surface area contributed by atoms with Crippen LogP contribution in [0.4, 0.5) is 0 Å². The second kappa shape index (κ2) is 9.02. The highest BCUT2D eigenvalue weighted by Gasteiger charge is 2.31. The van der Waals surface area contributed by atoms with Gasteiger partial charge in [0.15, 0.2) is 0 Å². The highest BCUT2D eigenvalue weighted by atomic mass is 32.2. The minimum atomic E-state index is -3.88. The molecule has 3 rings (SSSR count). The van der Waals surface area contributed by atoms with E-state index in [0.29, 0.717) is 26.3 Å². The molecule has 1 saturated heterocycles. The monoisotopic (exact) mass is 409 g/mol. The van der Waals surface area contributed by atoms with Crippen LogP contribution in [0.2, 0.25) is 0 Å². The number of nitrogens with zero attached hydrogens (tertiary/aromatic N) is 1. The molecule has 1 heterocycles. The van der Waals surface area contributed by atoms with Gasteiger partial charge < -0.3 is 15.0 Å². The van der Waals surface area contributed by atoms with E-state index in [0.717, 1.165) is 18.4 Å². The number of amides is 2. The van der Waals surface area contributed by atoms with Crippen LogP contribution in [0.25, 0.3) is 0 Å². The van der Waals surface area contributed by atoms with Gasteiger partial charge in [-0.2, -0.15) is 4.72 Å². The molecule has 8 nitrogen and oxygen atoms in total. The molecule has 2 amide bonds. The molecule has 2 fully saturated rings. The van der Waals surface area contributed by atoms with Crippen LogP contribution in [0, 0.1) is 6.92 Å². The van der Waals surface area contributed by atoms with Crippen molar-refractivity contribution in [2.75, 3.05) is 26.3 Å². The summed E-state index contributed by atoms with van der Waals surface area (Å²) >= 11 is 0. The Bertz CT molecular complexity index is 799. The molecule has 1 atom stereocenters. The first kappa shape index (κ1) is 20.8. The van der Waals surface area contributed by atoms with Gasteiger partial charge in [0.25, 0.3) is 0 Å². The van der Waals surface area contributed by atoms with Crippen LogP contribution < -0.4 is 10.0 Å². The molecule has 1 saturated carbocycles. The van der Waals surface area contributed by atoms with Crippen molar-refractivity contribution in [2.45, 2.75) is 49.6 Å². The lowest BCUT2D eigenvalue weighted by molar-refractivity contribution is -0.137. The van der Waals surface area contributed by atoms with Crippen molar-refractivity contribution in [3.8, 4) is 0 Å². The summed E-state index contributed by atoms with van der Waals surface area (Å²) in [7, 11) is -3.88. The first-order valence-electron chi connectivity index (χ1n) is 9.60. The predicted octanol–water partition coefficient (Wildman–Crippen LogP) is 0.560. The predicted molar refractivity (Wildman–Crippen MR) is 103 cm³/mol. The molecule has 1 aromatic carbocycles. The number of rotatable bonds is 8. The van der Waals surface area contributed by atoms with Gasteiger partial charge >= 0.3 is 0 Å². The number of aryl methyl sites for hydroxylation is 1. The zero-order valence-corrected chi connectivity index (χ0v) is 16.8. The van der Waals surface area contributed by atoms with Gasteiger partial charge in [0, 0.05) is 25.6 Å². The lowest BCUT2D eigenvalue weighted by Gasteiger charge is -2.30. The lowest BCUT2D eigenvalue weighted by Crippen LogP contribution is -2.52. The summed E-state index contributed by atoms with van der Waals surface area (Å²) in [6, 6.07) is 5.66. The fourth-order valence-corrected chi connectivity index (χ4v) is 4.24. The molecule has 2 aliphatic rings. The standard InChI is InChI=1S/C19H27N3O5S/c1-14-2-6-16(7-3-14)28(25,26)21-17(8-9-18(23)20-15-4-5-15)19(24)22-10-12-27-13-11-22/h2-3,6-7,15,17,21H,4-5,8-13H2,1H3,(H,20,23)/t17-/m1/s1. The molecule has 9 heteroatoms. The summed E-state index contributed by atoms with van der Waals surface area (Å²) in [5.74, 6) is -0.477. The fraction of sp³-hybridized carbons (Fsp3) is 0.579. The van der Waals surface area contributed by atoms with Crippen LogP contribution in [-0.4, -0.2) is 63.5 Å². The first-order valence-corrected chi connectivity index (χ1v) is 11.1. The van der Waals surface area contributed by atoms with Gasteiger partial charge in [-0.3, -0.25) is 9.59 Å². The number of ether oxygens (including phenoxy) is 1. The van der Waals surface area contributed by atoms with Crippen molar-refractivity contribution in [3.63, 3.8) is 0 Å². The highest BCUT2D eigenvalue weighted by molar-refractivity contribution is 7.89. The molecule has 0 radical (unpaired) electrons.